The van der Waals surface area contributed by atoms with Crippen LogP contribution in [0.5, 0.6) is 11.5 Å². The number of hydrogen-bond donors (Lipinski definition) is 0. The number of esters is 1. The van der Waals surface area contributed by atoms with Crippen LogP contribution in [0.3, 0.4) is 0 Å². The monoisotopic (exact) mass is 337 g/mol. The van der Waals surface area contributed by atoms with Crippen molar-refractivity contribution < 1.29 is 19.1 Å². The van der Waals surface area contributed by atoms with E-state index < -0.39 is 5.97 Å². The Morgan fingerprint density at radius 2 is 1.80 bits per heavy atom. The number of benzene rings is 2. The molecule has 0 fully saturated rings. The second-order valence-corrected chi connectivity index (χ2v) is 5.96. The first-order valence-corrected chi connectivity index (χ1v) is 8.02. The van der Waals surface area contributed by atoms with Gasteiger partial charge in [-0.2, -0.15) is 0 Å². The van der Waals surface area contributed by atoms with Crippen molar-refractivity contribution in [1.29, 1.82) is 0 Å². The molecule has 2 aromatic carbocycles. The molecule has 0 saturated heterocycles. The molecular weight excluding hydrogens is 318 g/mol. The average Bonchev–Trinajstić information content (AvgIpc) is 2.60. The molecule has 0 N–H and O–H groups in total. The Hall–Kier alpha value is -3.08. The van der Waals surface area contributed by atoms with Crippen LogP contribution in [0.4, 0.5) is 5.69 Å². The van der Waals surface area contributed by atoms with Crippen molar-refractivity contribution in [2.75, 3.05) is 12.0 Å². The fourth-order valence-corrected chi connectivity index (χ4v) is 2.75. The van der Waals surface area contributed by atoms with Gasteiger partial charge in [-0.3, -0.25) is 9.69 Å². The number of methoxy groups -OCH3 is 1. The molecule has 0 radical (unpaired) electrons. The van der Waals surface area contributed by atoms with Gasteiger partial charge in [0.2, 0.25) is 0 Å². The molecular formula is C20H19NO4. The highest BCUT2D eigenvalue weighted by Crippen LogP contribution is 2.42. The lowest BCUT2D eigenvalue weighted by molar-refractivity contribution is -0.114. The largest absolute Gasteiger partial charge is 0.465 e. The Morgan fingerprint density at radius 3 is 2.32 bits per heavy atom. The maximum Gasteiger partial charge on any atom is 0.341 e. The van der Waals surface area contributed by atoms with E-state index in [2.05, 4.69) is 0 Å². The summed E-state index contributed by atoms with van der Waals surface area (Å²) in [6.45, 7) is 3.98. The summed E-state index contributed by atoms with van der Waals surface area (Å²) in [6, 6.07) is 12.6. The van der Waals surface area contributed by atoms with Crippen LogP contribution in [0.15, 0.2) is 54.7 Å². The molecule has 3 rings (SSSR count). The molecule has 5 heteroatoms. The molecule has 0 aromatic heterocycles. The summed E-state index contributed by atoms with van der Waals surface area (Å²) in [6.07, 6.45) is 3.20. The van der Waals surface area contributed by atoms with Crippen molar-refractivity contribution in [3.05, 3.63) is 65.9 Å². The van der Waals surface area contributed by atoms with E-state index in [-0.39, 0.29) is 11.8 Å². The number of anilines is 1. The molecule has 0 bridgehead atoms. The molecule has 0 aliphatic carbocycles. The van der Waals surface area contributed by atoms with Crippen molar-refractivity contribution in [3.63, 3.8) is 0 Å². The molecule has 2 aromatic rings. The Balaban J connectivity index is 2.18. The van der Waals surface area contributed by atoms with E-state index in [4.69, 9.17) is 9.47 Å². The lowest BCUT2D eigenvalue weighted by atomic mass is 9.95. The van der Waals surface area contributed by atoms with Crippen LogP contribution in [0, 0.1) is 0 Å². The number of hydrogen-bond acceptors (Lipinski definition) is 4. The topological polar surface area (TPSA) is 55.8 Å². The molecule has 1 aliphatic rings. The molecule has 5 nitrogen and oxygen atoms in total. The second kappa shape index (κ2) is 6.81. The fraction of sp³-hybridized carbons (Fsp3) is 0.200. The van der Waals surface area contributed by atoms with Crippen molar-refractivity contribution in [1.82, 2.24) is 0 Å². The van der Waals surface area contributed by atoms with Crippen molar-refractivity contribution in [2.24, 2.45) is 0 Å². The number of amides is 1. The molecule has 1 aliphatic heterocycles. The van der Waals surface area contributed by atoms with Gasteiger partial charge in [-0.1, -0.05) is 32.0 Å². The number of carbonyl (C=O) groups is 2. The van der Waals surface area contributed by atoms with Gasteiger partial charge < -0.3 is 9.47 Å². The van der Waals surface area contributed by atoms with E-state index in [1.165, 1.54) is 13.2 Å². The molecule has 0 saturated carbocycles. The van der Waals surface area contributed by atoms with Crippen LogP contribution >= 0.6 is 0 Å². The van der Waals surface area contributed by atoms with Gasteiger partial charge >= 0.3 is 5.97 Å². The predicted octanol–water partition coefficient (Wildman–Crippen LogP) is 4.25. The Bertz CT molecular complexity index is 840. The Labute approximate surface area is 146 Å². The minimum absolute atomic E-state index is 0.0279. The number of carbonyl (C=O) groups excluding carboxylic acids is 2. The van der Waals surface area contributed by atoms with E-state index in [9.17, 15) is 9.59 Å². The molecule has 0 unspecified atom stereocenters. The third-order valence-electron chi connectivity index (χ3n) is 3.98. The van der Waals surface area contributed by atoms with E-state index in [0.29, 0.717) is 22.7 Å². The normalized spacial score (nSPS) is 13.0. The van der Waals surface area contributed by atoms with Gasteiger partial charge in [-0.15, -0.1) is 0 Å². The summed E-state index contributed by atoms with van der Waals surface area (Å²) in [4.78, 5) is 25.6. The van der Waals surface area contributed by atoms with Gasteiger partial charge in [-0.25, -0.2) is 4.79 Å². The zero-order valence-corrected chi connectivity index (χ0v) is 14.4. The zero-order valence-electron chi connectivity index (χ0n) is 14.4. The SMILES string of the molecule is COC(=O)c1ccc(N2C=CC2=O)c(C(C)C)c1Oc1ccccc1. The fourth-order valence-electron chi connectivity index (χ4n) is 2.75. The lowest BCUT2D eigenvalue weighted by Gasteiger charge is -2.29. The Morgan fingerprint density at radius 1 is 1.08 bits per heavy atom. The molecule has 1 heterocycles. The first kappa shape index (κ1) is 16.8. The Kier molecular flexibility index (Phi) is 4.57. The molecule has 1 amide bonds. The highest BCUT2D eigenvalue weighted by atomic mass is 16.5. The smallest absolute Gasteiger partial charge is 0.341 e. The van der Waals surface area contributed by atoms with Gasteiger partial charge in [-0.05, 0) is 30.2 Å². The standard InChI is InChI=1S/C20H19NO4/c1-13(2)18-16(21-12-11-17(21)22)10-9-15(20(23)24-3)19(18)25-14-7-5-4-6-8-14/h4-13H,1-3H3. The highest BCUT2D eigenvalue weighted by Gasteiger charge is 2.28. The highest BCUT2D eigenvalue weighted by molar-refractivity contribution is 6.10. The van der Waals surface area contributed by atoms with Gasteiger partial charge in [0.15, 0.2) is 0 Å². The van der Waals surface area contributed by atoms with Crippen LogP contribution in [-0.2, 0) is 9.53 Å². The average molecular weight is 337 g/mol. The lowest BCUT2D eigenvalue weighted by Crippen LogP contribution is -2.32. The van der Waals surface area contributed by atoms with Gasteiger partial charge in [0, 0.05) is 17.8 Å². The van der Waals surface area contributed by atoms with Gasteiger partial charge in [0.25, 0.3) is 5.91 Å². The maximum atomic E-state index is 12.2. The first-order valence-electron chi connectivity index (χ1n) is 8.02. The molecule has 0 atom stereocenters. The van der Waals surface area contributed by atoms with E-state index in [1.807, 2.05) is 44.2 Å². The number of nitrogens with zero attached hydrogens (tertiary/aromatic N) is 1. The predicted molar refractivity (Wildman–Crippen MR) is 95.0 cm³/mol. The summed E-state index contributed by atoms with van der Waals surface area (Å²) in [5, 5.41) is 0. The van der Waals surface area contributed by atoms with E-state index >= 15 is 0 Å². The molecule has 0 spiro atoms. The van der Waals surface area contributed by atoms with Crippen molar-refractivity contribution in [2.45, 2.75) is 19.8 Å². The van der Waals surface area contributed by atoms with Crippen LogP contribution in [0.2, 0.25) is 0 Å². The minimum Gasteiger partial charge on any atom is -0.465 e. The van der Waals surface area contributed by atoms with Crippen LogP contribution in [-0.4, -0.2) is 19.0 Å². The summed E-state index contributed by atoms with van der Waals surface area (Å²) in [5.41, 5.74) is 1.82. The number of rotatable bonds is 5. The summed E-state index contributed by atoms with van der Waals surface area (Å²) >= 11 is 0. The van der Waals surface area contributed by atoms with Gasteiger partial charge in [0.05, 0.1) is 12.8 Å². The second-order valence-electron chi connectivity index (χ2n) is 5.96. The summed E-state index contributed by atoms with van der Waals surface area (Å²) < 4.78 is 11.0. The quantitative estimate of drug-likeness (QED) is 0.766. The van der Waals surface area contributed by atoms with Crippen molar-refractivity contribution >= 4 is 17.6 Å². The zero-order chi connectivity index (χ0) is 18.0. The summed E-state index contributed by atoms with van der Waals surface area (Å²) in [5.74, 6) is 0.471. The molecule has 25 heavy (non-hydrogen) atoms. The molecule has 128 valence electrons. The van der Waals surface area contributed by atoms with E-state index in [1.54, 1.807) is 23.2 Å². The van der Waals surface area contributed by atoms with Crippen LogP contribution in [0.1, 0.15) is 35.7 Å². The maximum absolute atomic E-state index is 12.2. The first-order chi connectivity index (χ1) is 12.0. The van der Waals surface area contributed by atoms with Gasteiger partial charge in [0.1, 0.15) is 17.1 Å². The van der Waals surface area contributed by atoms with Crippen LogP contribution in [0.25, 0.3) is 0 Å². The van der Waals surface area contributed by atoms with E-state index in [0.717, 1.165) is 5.56 Å². The third-order valence-corrected chi connectivity index (χ3v) is 3.98. The van der Waals surface area contributed by atoms with Crippen molar-refractivity contribution in [3.8, 4) is 11.5 Å². The van der Waals surface area contributed by atoms with Crippen LogP contribution < -0.4 is 9.64 Å². The number of para-hydroxylation sites is 1. The number of ether oxygens (including phenoxy) is 2. The third kappa shape index (κ3) is 3.13. The minimum atomic E-state index is -0.482. The summed E-state index contributed by atoms with van der Waals surface area (Å²) in [7, 11) is 1.33.